The number of benzene rings is 1. The fraction of sp³-hybridized carbons (Fsp3) is 0.500. The molecule has 0 radical (unpaired) electrons. The molecule has 0 fully saturated rings. The zero-order valence-corrected chi connectivity index (χ0v) is 12.6. The van der Waals surface area contributed by atoms with Crippen molar-refractivity contribution in [3.8, 4) is 0 Å². The molecule has 3 nitrogen and oxygen atoms in total. The second-order valence-corrected chi connectivity index (χ2v) is 5.33. The van der Waals surface area contributed by atoms with Gasteiger partial charge in [0.25, 0.3) is 0 Å². The fourth-order valence-electron chi connectivity index (χ4n) is 2.22. The molecule has 1 aromatic carbocycles. The van der Waals surface area contributed by atoms with Crippen molar-refractivity contribution in [2.24, 2.45) is 5.92 Å². The Morgan fingerprint density at radius 1 is 1.39 bits per heavy atom. The Morgan fingerprint density at radius 3 is 2.50 bits per heavy atom. The molecule has 2 N–H and O–H groups in total. The normalized spacial score (nSPS) is 12.5. The predicted octanol–water partition coefficient (Wildman–Crippen LogP) is 4.38. The second kappa shape index (κ2) is 6.78. The maximum Gasteiger partial charge on any atom is 0.338 e. The van der Waals surface area contributed by atoms with Gasteiger partial charge >= 0.3 is 5.97 Å². The maximum atomic E-state index is 11.3. The Labute approximate surface area is 117 Å². The molecule has 0 aliphatic heterocycles. The van der Waals surface area contributed by atoms with Crippen molar-refractivity contribution in [2.75, 3.05) is 5.32 Å². The van der Waals surface area contributed by atoms with Crippen LogP contribution in [0, 0.1) is 5.92 Å². The van der Waals surface area contributed by atoms with Crippen molar-refractivity contribution in [2.45, 2.75) is 39.7 Å². The highest BCUT2D eigenvalue weighted by Crippen LogP contribution is 2.27. The van der Waals surface area contributed by atoms with Gasteiger partial charge in [-0.3, -0.25) is 0 Å². The molecule has 4 heteroatoms. The van der Waals surface area contributed by atoms with Crippen LogP contribution in [-0.2, 0) is 0 Å². The number of carbonyl (C=O) groups is 1. The topological polar surface area (TPSA) is 49.3 Å². The first-order valence-electron chi connectivity index (χ1n) is 6.29. The number of halogens is 1. The molecule has 0 saturated heterocycles. The quantitative estimate of drug-likeness (QED) is 0.819. The largest absolute Gasteiger partial charge is 0.478 e. The lowest BCUT2D eigenvalue weighted by Gasteiger charge is -2.24. The van der Waals surface area contributed by atoms with Gasteiger partial charge in [-0.15, -0.1) is 0 Å². The Bertz CT molecular complexity index is 416. The summed E-state index contributed by atoms with van der Waals surface area (Å²) in [6.07, 6.45) is 2.17. The van der Waals surface area contributed by atoms with Crippen LogP contribution in [-0.4, -0.2) is 17.1 Å². The molecular formula is C14H20BrNO2. The molecule has 1 aromatic rings. The number of carboxylic acid groups (broad SMARTS) is 1. The smallest absolute Gasteiger partial charge is 0.338 e. The minimum absolute atomic E-state index is 0.257. The van der Waals surface area contributed by atoms with E-state index < -0.39 is 5.97 Å². The first-order valence-corrected chi connectivity index (χ1v) is 7.08. The molecule has 0 saturated carbocycles. The molecule has 0 aromatic heterocycles. The highest BCUT2D eigenvalue weighted by atomic mass is 79.9. The van der Waals surface area contributed by atoms with Gasteiger partial charge < -0.3 is 10.4 Å². The Kier molecular flexibility index (Phi) is 5.66. The van der Waals surface area contributed by atoms with Gasteiger partial charge in [0.05, 0.1) is 11.3 Å². The van der Waals surface area contributed by atoms with Crippen LogP contribution >= 0.6 is 15.9 Å². The van der Waals surface area contributed by atoms with E-state index in [2.05, 4.69) is 42.0 Å². The highest BCUT2D eigenvalue weighted by molar-refractivity contribution is 9.10. The van der Waals surface area contributed by atoms with E-state index in [1.54, 1.807) is 6.07 Å². The Hall–Kier alpha value is -1.03. The van der Waals surface area contributed by atoms with Crippen LogP contribution in [0.1, 0.15) is 44.0 Å². The number of carboxylic acids is 1. The minimum Gasteiger partial charge on any atom is -0.478 e. The van der Waals surface area contributed by atoms with Crippen molar-refractivity contribution >= 4 is 27.6 Å². The predicted molar refractivity (Wildman–Crippen MR) is 78.3 cm³/mol. The van der Waals surface area contributed by atoms with E-state index in [9.17, 15) is 9.90 Å². The number of aromatic carboxylic acids is 1. The van der Waals surface area contributed by atoms with Gasteiger partial charge in [0.15, 0.2) is 0 Å². The van der Waals surface area contributed by atoms with Gasteiger partial charge in [-0.05, 0) is 40.9 Å². The van der Waals surface area contributed by atoms with Gasteiger partial charge in [0, 0.05) is 10.5 Å². The van der Waals surface area contributed by atoms with Gasteiger partial charge in [-0.1, -0.05) is 32.8 Å². The molecule has 0 bridgehead atoms. The zero-order chi connectivity index (χ0) is 13.7. The third kappa shape index (κ3) is 3.48. The summed E-state index contributed by atoms with van der Waals surface area (Å²) in [5.41, 5.74) is 0.978. The molecule has 0 aliphatic carbocycles. The molecule has 1 unspecified atom stereocenters. The average Bonchev–Trinajstić information content (AvgIpc) is 2.30. The van der Waals surface area contributed by atoms with Crippen LogP contribution in [0.2, 0.25) is 0 Å². The lowest BCUT2D eigenvalue weighted by molar-refractivity contribution is 0.0697. The van der Waals surface area contributed by atoms with Gasteiger partial charge in [0.1, 0.15) is 0 Å². The molecular weight excluding hydrogens is 294 g/mol. The molecule has 0 aliphatic rings. The van der Waals surface area contributed by atoms with Crippen LogP contribution in [0.5, 0.6) is 0 Å². The number of rotatable bonds is 6. The van der Waals surface area contributed by atoms with E-state index in [0.29, 0.717) is 21.6 Å². The molecule has 0 spiro atoms. The van der Waals surface area contributed by atoms with Gasteiger partial charge in [0.2, 0.25) is 0 Å². The average molecular weight is 314 g/mol. The summed E-state index contributed by atoms with van der Waals surface area (Å²) >= 11 is 3.29. The summed E-state index contributed by atoms with van der Waals surface area (Å²) < 4.78 is 0.608. The zero-order valence-electron chi connectivity index (χ0n) is 11.0. The lowest BCUT2D eigenvalue weighted by Crippen LogP contribution is -2.26. The van der Waals surface area contributed by atoms with E-state index in [1.165, 1.54) is 0 Å². The number of nitrogens with one attached hydrogen (secondary N) is 1. The van der Waals surface area contributed by atoms with Crippen molar-refractivity contribution < 1.29 is 9.90 Å². The van der Waals surface area contributed by atoms with Crippen LogP contribution < -0.4 is 5.32 Å². The molecule has 100 valence electrons. The summed E-state index contributed by atoms with van der Waals surface area (Å²) in [6.45, 7) is 6.42. The van der Waals surface area contributed by atoms with Gasteiger partial charge in [-0.25, -0.2) is 4.79 Å². The Balaban J connectivity index is 2.97. The van der Waals surface area contributed by atoms with E-state index >= 15 is 0 Å². The number of hydrogen-bond acceptors (Lipinski definition) is 2. The molecule has 1 rings (SSSR count). The van der Waals surface area contributed by atoms with Gasteiger partial charge in [-0.2, -0.15) is 0 Å². The van der Waals surface area contributed by atoms with Crippen LogP contribution in [0.25, 0.3) is 0 Å². The first kappa shape index (κ1) is 15.0. The Morgan fingerprint density at radius 2 is 2.00 bits per heavy atom. The van der Waals surface area contributed by atoms with E-state index in [0.717, 1.165) is 12.8 Å². The number of anilines is 1. The van der Waals surface area contributed by atoms with Crippen LogP contribution in [0.3, 0.4) is 0 Å². The van der Waals surface area contributed by atoms with E-state index in [1.807, 2.05) is 12.1 Å². The molecule has 18 heavy (non-hydrogen) atoms. The minimum atomic E-state index is -0.915. The molecule has 0 amide bonds. The highest BCUT2D eigenvalue weighted by Gasteiger charge is 2.18. The van der Waals surface area contributed by atoms with Crippen molar-refractivity contribution in [1.29, 1.82) is 0 Å². The van der Waals surface area contributed by atoms with Crippen LogP contribution in [0.15, 0.2) is 22.7 Å². The third-order valence-electron chi connectivity index (χ3n) is 3.37. The van der Waals surface area contributed by atoms with Crippen molar-refractivity contribution in [3.63, 3.8) is 0 Å². The standard InChI is InChI=1S/C14H20BrNO2/c1-4-10(5-2)9(3)16-12-8-6-7-11(15)13(12)14(17)18/h6-10,16H,4-5H2,1-3H3,(H,17,18). The number of hydrogen-bond donors (Lipinski definition) is 2. The summed E-state index contributed by atoms with van der Waals surface area (Å²) in [4.78, 5) is 11.3. The fourth-order valence-corrected chi connectivity index (χ4v) is 2.76. The lowest BCUT2D eigenvalue weighted by atomic mass is 9.95. The monoisotopic (exact) mass is 313 g/mol. The SMILES string of the molecule is CCC(CC)C(C)Nc1cccc(Br)c1C(=O)O. The van der Waals surface area contributed by atoms with E-state index in [-0.39, 0.29) is 6.04 Å². The molecule has 1 atom stereocenters. The molecule has 0 heterocycles. The maximum absolute atomic E-state index is 11.3. The summed E-state index contributed by atoms with van der Waals surface area (Å²) in [5, 5.41) is 12.6. The first-order chi connectivity index (χ1) is 8.51. The van der Waals surface area contributed by atoms with E-state index in [4.69, 9.17) is 0 Å². The van der Waals surface area contributed by atoms with Crippen molar-refractivity contribution in [3.05, 3.63) is 28.2 Å². The summed E-state index contributed by atoms with van der Waals surface area (Å²) in [5.74, 6) is -0.368. The van der Waals surface area contributed by atoms with Crippen LogP contribution in [0.4, 0.5) is 5.69 Å². The third-order valence-corrected chi connectivity index (χ3v) is 4.03. The summed E-state index contributed by atoms with van der Waals surface area (Å²) in [6, 6.07) is 5.66. The van der Waals surface area contributed by atoms with Crippen molar-refractivity contribution in [1.82, 2.24) is 0 Å². The summed E-state index contributed by atoms with van der Waals surface area (Å²) in [7, 11) is 0. The second-order valence-electron chi connectivity index (χ2n) is 4.48.